The minimum absolute atomic E-state index is 0. The maximum absolute atomic E-state index is 12.2. The van der Waals surface area contributed by atoms with Crippen LogP contribution in [-0.2, 0) is 0 Å². The van der Waals surface area contributed by atoms with Crippen molar-refractivity contribution in [3.63, 3.8) is 0 Å². The minimum atomic E-state index is 0. The van der Waals surface area contributed by atoms with Crippen LogP contribution in [0.3, 0.4) is 0 Å². The van der Waals surface area contributed by atoms with E-state index in [4.69, 9.17) is 0 Å². The SMILES string of the molecule is Cl.O=C(c1ccc(N2CCNCC2)cc1)c1cccs1. The number of ketones is 1. The average molecular weight is 309 g/mol. The van der Waals surface area contributed by atoms with Gasteiger partial charge in [0.25, 0.3) is 0 Å². The van der Waals surface area contributed by atoms with E-state index in [1.54, 1.807) is 0 Å². The first-order chi connectivity index (χ1) is 9.34. The summed E-state index contributed by atoms with van der Waals surface area (Å²) in [7, 11) is 0. The van der Waals surface area contributed by atoms with E-state index in [1.165, 1.54) is 17.0 Å². The Kier molecular flexibility index (Phi) is 5.17. The van der Waals surface area contributed by atoms with Crippen LogP contribution in [0.4, 0.5) is 5.69 Å². The molecule has 0 atom stereocenters. The third kappa shape index (κ3) is 3.20. The van der Waals surface area contributed by atoms with Crippen molar-refractivity contribution in [3.05, 3.63) is 52.2 Å². The number of thiophene rings is 1. The fourth-order valence-electron chi connectivity index (χ4n) is 2.30. The summed E-state index contributed by atoms with van der Waals surface area (Å²) in [5.41, 5.74) is 1.96. The van der Waals surface area contributed by atoms with Crippen molar-refractivity contribution in [1.82, 2.24) is 5.32 Å². The lowest BCUT2D eigenvalue weighted by atomic mass is 10.1. The van der Waals surface area contributed by atoms with Gasteiger partial charge in [0.05, 0.1) is 4.88 Å². The normalized spacial score (nSPS) is 14.7. The van der Waals surface area contributed by atoms with Crippen molar-refractivity contribution >= 4 is 35.2 Å². The standard InChI is InChI=1S/C15H16N2OS.ClH/c18-15(14-2-1-11-19-14)12-3-5-13(6-4-12)17-9-7-16-8-10-17;/h1-6,11,16H,7-10H2;1H. The van der Waals surface area contributed by atoms with Crippen LogP contribution in [-0.4, -0.2) is 32.0 Å². The molecular weight excluding hydrogens is 292 g/mol. The predicted molar refractivity (Wildman–Crippen MR) is 86.5 cm³/mol. The van der Waals surface area contributed by atoms with Gasteiger partial charge in [-0.25, -0.2) is 0 Å². The highest BCUT2D eigenvalue weighted by Gasteiger charge is 2.13. The van der Waals surface area contributed by atoms with Gasteiger partial charge in [-0.2, -0.15) is 0 Å². The van der Waals surface area contributed by atoms with Gasteiger partial charge in [0.1, 0.15) is 0 Å². The predicted octanol–water partition coefficient (Wildman–Crippen LogP) is 2.81. The van der Waals surface area contributed by atoms with E-state index in [1.807, 2.05) is 41.8 Å². The van der Waals surface area contributed by atoms with Crippen LogP contribution in [0, 0.1) is 0 Å². The number of hydrogen-bond donors (Lipinski definition) is 1. The number of anilines is 1. The number of halogens is 1. The van der Waals surface area contributed by atoms with Gasteiger partial charge in [-0.3, -0.25) is 4.79 Å². The van der Waals surface area contributed by atoms with E-state index in [0.29, 0.717) is 0 Å². The summed E-state index contributed by atoms with van der Waals surface area (Å²) >= 11 is 1.49. The molecule has 3 nitrogen and oxygen atoms in total. The van der Waals surface area contributed by atoms with Crippen LogP contribution < -0.4 is 10.2 Å². The highest BCUT2D eigenvalue weighted by molar-refractivity contribution is 7.12. The molecule has 0 saturated carbocycles. The second-order valence-corrected chi connectivity index (χ2v) is 5.54. The van der Waals surface area contributed by atoms with Crippen molar-refractivity contribution in [3.8, 4) is 0 Å². The van der Waals surface area contributed by atoms with E-state index in [0.717, 1.165) is 36.6 Å². The first kappa shape index (κ1) is 15.0. The van der Waals surface area contributed by atoms with E-state index in [-0.39, 0.29) is 18.2 Å². The molecule has 1 saturated heterocycles. The molecule has 2 aromatic rings. The number of benzene rings is 1. The van der Waals surface area contributed by atoms with Crippen molar-refractivity contribution in [1.29, 1.82) is 0 Å². The molecule has 0 spiro atoms. The number of hydrogen-bond acceptors (Lipinski definition) is 4. The summed E-state index contributed by atoms with van der Waals surface area (Å²) in [6.45, 7) is 4.10. The Balaban J connectivity index is 0.00000147. The number of nitrogens with one attached hydrogen (secondary N) is 1. The molecule has 1 aromatic heterocycles. The zero-order valence-corrected chi connectivity index (χ0v) is 12.7. The van der Waals surface area contributed by atoms with Gasteiger partial charge in [0.15, 0.2) is 0 Å². The van der Waals surface area contributed by atoms with Crippen molar-refractivity contribution in [2.45, 2.75) is 0 Å². The van der Waals surface area contributed by atoms with Gasteiger partial charge in [-0.15, -0.1) is 23.7 Å². The Hall–Kier alpha value is -1.36. The van der Waals surface area contributed by atoms with Crippen LogP contribution in [0.5, 0.6) is 0 Å². The van der Waals surface area contributed by atoms with Crippen LogP contribution >= 0.6 is 23.7 Å². The van der Waals surface area contributed by atoms with Crippen LogP contribution in [0.1, 0.15) is 15.2 Å². The van der Waals surface area contributed by atoms with Crippen LogP contribution in [0.25, 0.3) is 0 Å². The summed E-state index contributed by atoms with van der Waals surface area (Å²) in [4.78, 5) is 15.3. The molecule has 1 aromatic carbocycles. The number of carbonyl (C=O) groups excluding carboxylic acids is 1. The Morgan fingerprint density at radius 3 is 2.40 bits per heavy atom. The molecular formula is C15H17ClN2OS. The van der Waals surface area contributed by atoms with Gasteiger partial charge in [-0.05, 0) is 35.7 Å². The zero-order chi connectivity index (χ0) is 13.1. The molecule has 3 rings (SSSR count). The molecule has 1 N–H and O–H groups in total. The molecule has 0 amide bonds. The summed E-state index contributed by atoms with van der Waals surface area (Å²) < 4.78 is 0. The van der Waals surface area contributed by atoms with Crippen molar-refractivity contribution in [2.75, 3.05) is 31.1 Å². The molecule has 1 fully saturated rings. The highest BCUT2D eigenvalue weighted by Crippen LogP contribution is 2.19. The maximum Gasteiger partial charge on any atom is 0.202 e. The molecule has 0 unspecified atom stereocenters. The first-order valence-electron chi connectivity index (χ1n) is 6.48. The van der Waals surface area contributed by atoms with Crippen molar-refractivity contribution < 1.29 is 4.79 Å². The number of carbonyl (C=O) groups is 1. The lowest BCUT2D eigenvalue weighted by Crippen LogP contribution is -2.43. The van der Waals surface area contributed by atoms with Crippen LogP contribution in [0.2, 0.25) is 0 Å². The highest BCUT2D eigenvalue weighted by atomic mass is 35.5. The molecule has 5 heteroatoms. The van der Waals surface area contributed by atoms with Gasteiger partial charge in [0.2, 0.25) is 5.78 Å². The molecule has 1 aliphatic heterocycles. The van der Waals surface area contributed by atoms with Crippen LogP contribution in [0.15, 0.2) is 41.8 Å². The average Bonchev–Trinajstić information content (AvgIpc) is 3.02. The van der Waals surface area contributed by atoms with Gasteiger partial charge in [-0.1, -0.05) is 6.07 Å². The molecule has 106 valence electrons. The second-order valence-electron chi connectivity index (χ2n) is 4.59. The quantitative estimate of drug-likeness (QED) is 0.885. The van der Waals surface area contributed by atoms with Gasteiger partial charge >= 0.3 is 0 Å². The Morgan fingerprint density at radius 2 is 1.80 bits per heavy atom. The van der Waals surface area contributed by atoms with Gasteiger partial charge in [0, 0.05) is 37.4 Å². The fourth-order valence-corrected chi connectivity index (χ4v) is 2.98. The summed E-state index contributed by atoms with van der Waals surface area (Å²) in [6.07, 6.45) is 0. The third-order valence-corrected chi connectivity index (χ3v) is 4.23. The second kappa shape index (κ2) is 6.88. The Labute approximate surface area is 129 Å². The molecule has 0 aliphatic carbocycles. The summed E-state index contributed by atoms with van der Waals surface area (Å²) in [6, 6.07) is 11.7. The fraction of sp³-hybridized carbons (Fsp3) is 0.267. The number of rotatable bonds is 3. The molecule has 1 aliphatic rings. The van der Waals surface area contributed by atoms with Crippen molar-refractivity contribution in [2.24, 2.45) is 0 Å². The Morgan fingerprint density at radius 1 is 1.10 bits per heavy atom. The smallest absolute Gasteiger partial charge is 0.202 e. The van der Waals surface area contributed by atoms with E-state index in [2.05, 4.69) is 10.2 Å². The lowest BCUT2D eigenvalue weighted by molar-refractivity contribution is 0.104. The third-order valence-electron chi connectivity index (χ3n) is 3.36. The monoisotopic (exact) mass is 308 g/mol. The maximum atomic E-state index is 12.2. The van der Waals surface area contributed by atoms with E-state index >= 15 is 0 Å². The molecule has 0 radical (unpaired) electrons. The zero-order valence-electron chi connectivity index (χ0n) is 11.0. The topological polar surface area (TPSA) is 32.3 Å². The van der Waals surface area contributed by atoms with E-state index in [9.17, 15) is 4.79 Å². The Bertz CT molecular complexity index is 548. The lowest BCUT2D eigenvalue weighted by Gasteiger charge is -2.29. The minimum Gasteiger partial charge on any atom is -0.369 e. The largest absolute Gasteiger partial charge is 0.369 e. The molecule has 20 heavy (non-hydrogen) atoms. The summed E-state index contributed by atoms with van der Waals surface area (Å²) in [5, 5.41) is 5.27. The van der Waals surface area contributed by atoms with Gasteiger partial charge < -0.3 is 10.2 Å². The molecule has 0 bridgehead atoms. The molecule has 2 heterocycles. The first-order valence-corrected chi connectivity index (χ1v) is 7.36. The summed E-state index contributed by atoms with van der Waals surface area (Å²) in [5.74, 6) is 0.113. The number of piperazine rings is 1. The number of nitrogens with zero attached hydrogens (tertiary/aromatic N) is 1. The van der Waals surface area contributed by atoms with E-state index < -0.39 is 0 Å².